The van der Waals surface area contributed by atoms with Crippen molar-refractivity contribution in [2.45, 2.75) is 32.6 Å². The van der Waals surface area contributed by atoms with Gasteiger partial charge in [0.05, 0.1) is 50.2 Å². The predicted molar refractivity (Wildman–Crippen MR) is 140 cm³/mol. The normalized spacial score (nSPS) is 10.3. The fraction of sp³-hybridized carbons (Fsp3) is 0.345. The molecule has 0 atom stereocenters. The van der Waals surface area contributed by atoms with E-state index in [0.717, 1.165) is 11.8 Å². The van der Waals surface area contributed by atoms with Gasteiger partial charge in [0.2, 0.25) is 0 Å². The van der Waals surface area contributed by atoms with Gasteiger partial charge in [-0.3, -0.25) is 4.79 Å². The highest BCUT2D eigenvalue weighted by Crippen LogP contribution is 2.26. The smallest absolute Gasteiger partial charge is 0.343 e. The molecule has 0 aromatic heterocycles. The maximum absolute atomic E-state index is 12.6. The van der Waals surface area contributed by atoms with Crippen molar-refractivity contribution in [1.82, 2.24) is 0 Å². The summed E-state index contributed by atoms with van der Waals surface area (Å²) in [6.45, 7) is 9.89. The molecule has 0 unspecified atom stereocenters. The van der Waals surface area contributed by atoms with Gasteiger partial charge in [-0.15, -0.1) is 0 Å². The molecule has 0 saturated heterocycles. The number of aryl methyl sites for hydroxylation is 1. The Hall–Kier alpha value is -4.11. The van der Waals surface area contributed by atoms with Gasteiger partial charge in [-0.2, -0.15) is 0 Å². The molecule has 0 fully saturated rings. The lowest BCUT2D eigenvalue weighted by atomic mass is 10.1. The summed E-state index contributed by atoms with van der Waals surface area (Å²) in [7, 11) is 1.49. The van der Waals surface area contributed by atoms with Crippen molar-refractivity contribution in [2.24, 2.45) is 0 Å². The van der Waals surface area contributed by atoms with Crippen LogP contribution >= 0.6 is 0 Å². The van der Waals surface area contributed by atoms with Crippen LogP contribution in [-0.4, -0.2) is 51.4 Å². The van der Waals surface area contributed by atoms with Gasteiger partial charge in [0, 0.05) is 7.11 Å². The largest absolute Gasteiger partial charge is 0.494 e. The van der Waals surface area contributed by atoms with Crippen LogP contribution < -0.4 is 14.2 Å². The monoisotopic (exact) mass is 526 g/mol. The van der Waals surface area contributed by atoms with Gasteiger partial charge in [-0.25, -0.2) is 9.59 Å². The van der Waals surface area contributed by atoms with Gasteiger partial charge >= 0.3 is 17.9 Å². The molecule has 204 valence electrons. The van der Waals surface area contributed by atoms with Gasteiger partial charge < -0.3 is 28.4 Å². The third kappa shape index (κ3) is 10.5. The number of benzene rings is 2. The summed E-state index contributed by atoms with van der Waals surface area (Å²) < 4.78 is 31.5. The van der Waals surface area contributed by atoms with Crippen molar-refractivity contribution in [3.8, 4) is 17.2 Å². The summed E-state index contributed by atoms with van der Waals surface area (Å²) in [4.78, 5) is 35.6. The zero-order valence-corrected chi connectivity index (χ0v) is 21.9. The summed E-state index contributed by atoms with van der Waals surface area (Å²) in [5.41, 5.74) is 1.49. The van der Waals surface area contributed by atoms with E-state index in [-0.39, 0.29) is 31.8 Å². The zero-order valence-electron chi connectivity index (χ0n) is 21.9. The lowest BCUT2D eigenvalue weighted by Crippen LogP contribution is -2.12. The first-order chi connectivity index (χ1) is 18.4. The summed E-state index contributed by atoms with van der Waals surface area (Å²) in [6, 6.07) is 11.7. The van der Waals surface area contributed by atoms with Gasteiger partial charge in [0.1, 0.15) is 17.2 Å². The molecular formula is C29H34O9. The van der Waals surface area contributed by atoms with Crippen LogP contribution in [0.1, 0.15) is 42.1 Å². The Kier molecular flexibility index (Phi) is 13.2. The van der Waals surface area contributed by atoms with Gasteiger partial charge in [0.25, 0.3) is 0 Å². The molecule has 0 N–H and O–H groups in total. The number of carbonyl (C=O) groups excluding carboxylic acids is 3. The van der Waals surface area contributed by atoms with E-state index in [9.17, 15) is 14.4 Å². The average molecular weight is 527 g/mol. The van der Waals surface area contributed by atoms with E-state index in [1.54, 1.807) is 42.5 Å². The quantitative estimate of drug-likeness (QED) is 0.0942. The second kappa shape index (κ2) is 16.6. The number of rotatable bonds is 17. The number of unbranched alkanes of at least 4 members (excludes halogenated alkanes) is 1. The van der Waals surface area contributed by atoms with Crippen molar-refractivity contribution >= 4 is 17.9 Å². The van der Waals surface area contributed by atoms with Crippen LogP contribution in [0.5, 0.6) is 17.2 Å². The van der Waals surface area contributed by atoms with E-state index < -0.39 is 17.9 Å². The fourth-order valence-electron chi connectivity index (χ4n) is 3.18. The summed E-state index contributed by atoms with van der Waals surface area (Å²) >= 11 is 0. The van der Waals surface area contributed by atoms with Crippen molar-refractivity contribution < 1.29 is 42.8 Å². The molecular weight excluding hydrogens is 492 g/mol. The number of esters is 3. The Labute approximate surface area is 222 Å². The molecule has 0 saturated carbocycles. The van der Waals surface area contributed by atoms with Crippen LogP contribution in [0, 0.1) is 0 Å². The molecule has 0 aliphatic rings. The summed E-state index contributed by atoms with van der Waals surface area (Å²) in [5.74, 6) is 0.208. The van der Waals surface area contributed by atoms with Crippen LogP contribution in [0.15, 0.2) is 67.5 Å². The van der Waals surface area contributed by atoms with E-state index in [0.29, 0.717) is 48.7 Å². The first kappa shape index (κ1) is 30.1. The molecule has 9 heteroatoms. The van der Waals surface area contributed by atoms with Crippen molar-refractivity contribution in [2.75, 3.05) is 33.5 Å². The zero-order chi connectivity index (χ0) is 27.8. The molecule has 2 aromatic rings. The van der Waals surface area contributed by atoms with Crippen LogP contribution in [0.4, 0.5) is 0 Å². The van der Waals surface area contributed by atoms with Crippen molar-refractivity contribution in [1.29, 1.82) is 0 Å². The number of methoxy groups -OCH3 is 1. The fourth-order valence-corrected chi connectivity index (χ4v) is 3.18. The van der Waals surface area contributed by atoms with Gasteiger partial charge in [-0.05, 0) is 67.3 Å². The third-order valence-corrected chi connectivity index (χ3v) is 5.14. The first-order valence-corrected chi connectivity index (χ1v) is 12.2. The maximum atomic E-state index is 12.6. The lowest BCUT2D eigenvalue weighted by molar-refractivity contribution is -0.140. The predicted octanol–water partition coefficient (Wildman–Crippen LogP) is 4.83. The average Bonchev–Trinajstić information content (AvgIpc) is 2.91. The Morgan fingerprint density at radius 1 is 0.921 bits per heavy atom. The standard InChI is InChI=1S/C29H34O9/c1-5-22-19-25(13-14-26(22)36-18-15-27(30)34-6-2)38-29(32)23-9-11-24(12-10-23)35-16-7-8-17-37-28(31)21(3)20-33-4/h6,9-14,19H,2-3,5,7-8,15-18,20H2,1,4H3. The first-order valence-electron chi connectivity index (χ1n) is 12.2. The minimum atomic E-state index is -0.503. The van der Waals surface area contributed by atoms with Crippen LogP contribution in [0.25, 0.3) is 0 Å². The highest BCUT2D eigenvalue weighted by molar-refractivity contribution is 5.91. The SMILES string of the molecule is C=COC(=O)CCOc1ccc(OC(=O)c2ccc(OCCCCOC(=O)C(=C)COC)cc2)cc1CC. The van der Waals surface area contributed by atoms with E-state index in [1.807, 2.05) is 6.92 Å². The second-order valence-corrected chi connectivity index (χ2v) is 8.02. The molecule has 0 bridgehead atoms. The van der Waals surface area contributed by atoms with E-state index in [1.165, 1.54) is 7.11 Å². The molecule has 9 nitrogen and oxygen atoms in total. The number of hydrogen-bond donors (Lipinski definition) is 0. The van der Waals surface area contributed by atoms with Crippen molar-refractivity contribution in [3.63, 3.8) is 0 Å². The highest BCUT2D eigenvalue weighted by Gasteiger charge is 2.12. The van der Waals surface area contributed by atoms with Gasteiger partial charge in [0.15, 0.2) is 0 Å². The van der Waals surface area contributed by atoms with E-state index in [4.69, 9.17) is 23.7 Å². The number of ether oxygens (including phenoxy) is 6. The van der Waals surface area contributed by atoms with Crippen molar-refractivity contribution in [3.05, 3.63) is 78.6 Å². The Balaban J connectivity index is 1.77. The summed E-state index contributed by atoms with van der Waals surface area (Å²) in [6.07, 6.45) is 3.15. The molecule has 0 amide bonds. The topological polar surface area (TPSA) is 107 Å². The Morgan fingerprint density at radius 2 is 1.63 bits per heavy atom. The molecule has 0 radical (unpaired) electrons. The Morgan fingerprint density at radius 3 is 2.32 bits per heavy atom. The van der Waals surface area contributed by atoms with Crippen LogP contribution in [-0.2, 0) is 30.2 Å². The van der Waals surface area contributed by atoms with E-state index in [2.05, 4.69) is 17.9 Å². The molecule has 38 heavy (non-hydrogen) atoms. The maximum Gasteiger partial charge on any atom is 0.343 e. The molecule has 2 rings (SSSR count). The second-order valence-electron chi connectivity index (χ2n) is 8.02. The molecule has 0 heterocycles. The minimum absolute atomic E-state index is 0.0901. The third-order valence-electron chi connectivity index (χ3n) is 5.14. The summed E-state index contributed by atoms with van der Waals surface area (Å²) in [5, 5.41) is 0. The number of hydrogen-bond acceptors (Lipinski definition) is 9. The highest BCUT2D eigenvalue weighted by atomic mass is 16.5. The molecule has 0 aliphatic carbocycles. The minimum Gasteiger partial charge on any atom is -0.494 e. The van der Waals surface area contributed by atoms with Gasteiger partial charge in [-0.1, -0.05) is 20.1 Å². The lowest BCUT2D eigenvalue weighted by Gasteiger charge is -2.12. The molecule has 0 aliphatic heterocycles. The van der Waals surface area contributed by atoms with E-state index >= 15 is 0 Å². The number of carbonyl (C=O) groups is 3. The molecule has 2 aromatic carbocycles. The molecule has 0 spiro atoms. The Bertz CT molecular complexity index is 1090. The van der Waals surface area contributed by atoms with Crippen LogP contribution in [0.3, 0.4) is 0 Å². The van der Waals surface area contributed by atoms with Crippen LogP contribution in [0.2, 0.25) is 0 Å².